The van der Waals surface area contributed by atoms with E-state index in [9.17, 15) is 23.8 Å². The average Bonchev–Trinajstić information content (AvgIpc) is 2.49. The average molecular weight is 306 g/mol. The molecule has 22 heavy (non-hydrogen) atoms. The zero-order valence-electron chi connectivity index (χ0n) is 11.9. The number of rotatable bonds is 6. The standard InChI is InChI=1S/C17H16F2O3/c18-16-7-5-14(21)9-11(16)1-3-13(20)4-2-12-10-15(22)6-8-17(12)19/h5-10,21-22H,1-4H2. The van der Waals surface area contributed by atoms with Crippen molar-refractivity contribution in [1.29, 1.82) is 0 Å². The summed E-state index contributed by atoms with van der Waals surface area (Å²) < 4.78 is 26.9. The number of hydrogen-bond donors (Lipinski definition) is 2. The first kappa shape index (κ1) is 15.9. The molecule has 0 aliphatic carbocycles. The van der Waals surface area contributed by atoms with Crippen molar-refractivity contribution in [2.75, 3.05) is 0 Å². The quantitative estimate of drug-likeness (QED) is 0.858. The lowest BCUT2D eigenvalue weighted by Gasteiger charge is -2.05. The number of Topliss-reactive ketones (excluding diaryl/α,β-unsaturated/α-hetero) is 1. The van der Waals surface area contributed by atoms with Gasteiger partial charge in [-0.15, -0.1) is 0 Å². The minimum absolute atomic E-state index is 0.0503. The molecule has 0 aliphatic heterocycles. The van der Waals surface area contributed by atoms with Crippen LogP contribution in [0.4, 0.5) is 8.78 Å². The highest BCUT2D eigenvalue weighted by atomic mass is 19.1. The summed E-state index contributed by atoms with van der Waals surface area (Å²) in [5.74, 6) is -1.17. The molecule has 0 unspecified atom stereocenters. The largest absolute Gasteiger partial charge is 0.508 e. The fraction of sp³-hybridized carbons (Fsp3) is 0.235. The van der Waals surface area contributed by atoms with Crippen LogP contribution in [0.5, 0.6) is 11.5 Å². The number of benzene rings is 2. The van der Waals surface area contributed by atoms with Crippen molar-refractivity contribution >= 4 is 5.78 Å². The maximum atomic E-state index is 13.5. The van der Waals surface area contributed by atoms with Gasteiger partial charge in [-0.25, -0.2) is 8.78 Å². The highest BCUT2D eigenvalue weighted by Gasteiger charge is 2.10. The molecule has 0 saturated carbocycles. The van der Waals surface area contributed by atoms with Crippen LogP contribution < -0.4 is 0 Å². The molecule has 2 N–H and O–H groups in total. The van der Waals surface area contributed by atoms with Gasteiger partial charge in [0.25, 0.3) is 0 Å². The van der Waals surface area contributed by atoms with E-state index in [-0.39, 0.29) is 54.1 Å². The van der Waals surface area contributed by atoms with Crippen molar-refractivity contribution in [2.45, 2.75) is 25.7 Å². The van der Waals surface area contributed by atoms with Crippen LogP contribution in [-0.4, -0.2) is 16.0 Å². The van der Waals surface area contributed by atoms with Crippen LogP contribution in [0.15, 0.2) is 36.4 Å². The van der Waals surface area contributed by atoms with Gasteiger partial charge in [0, 0.05) is 12.8 Å². The third-order valence-electron chi connectivity index (χ3n) is 3.40. The number of phenolic OH excluding ortho intramolecular Hbond substituents is 2. The number of phenols is 2. The van der Waals surface area contributed by atoms with Crippen molar-refractivity contribution in [3.63, 3.8) is 0 Å². The molecule has 0 radical (unpaired) electrons. The zero-order chi connectivity index (χ0) is 16.1. The van der Waals surface area contributed by atoms with Crippen LogP contribution in [0.3, 0.4) is 0 Å². The second-order valence-electron chi connectivity index (χ2n) is 5.09. The van der Waals surface area contributed by atoms with E-state index in [2.05, 4.69) is 0 Å². The molecule has 0 saturated heterocycles. The topological polar surface area (TPSA) is 57.5 Å². The molecule has 0 heterocycles. The SMILES string of the molecule is O=C(CCc1cc(O)ccc1F)CCc1cc(O)ccc1F. The number of aryl methyl sites for hydroxylation is 2. The molecule has 0 aliphatic rings. The Bertz CT molecular complexity index is 626. The van der Waals surface area contributed by atoms with Crippen molar-refractivity contribution in [2.24, 2.45) is 0 Å². The third-order valence-corrected chi connectivity index (χ3v) is 3.40. The highest BCUT2D eigenvalue weighted by molar-refractivity contribution is 5.78. The molecule has 0 aromatic heterocycles. The van der Waals surface area contributed by atoms with E-state index < -0.39 is 11.6 Å². The van der Waals surface area contributed by atoms with Gasteiger partial charge in [-0.1, -0.05) is 0 Å². The van der Waals surface area contributed by atoms with E-state index in [0.29, 0.717) is 0 Å². The molecular weight excluding hydrogens is 290 g/mol. The summed E-state index contributed by atoms with van der Waals surface area (Å²) in [4.78, 5) is 11.8. The van der Waals surface area contributed by atoms with Crippen molar-refractivity contribution in [3.8, 4) is 11.5 Å². The smallest absolute Gasteiger partial charge is 0.133 e. The Morgan fingerprint density at radius 2 is 1.23 bits per heavy atom. The molecule has 0 amide bonds. The van der Waals surface area contributed by atoms with Crippen LogP contribution in [0.1, 0.15) is 24.0 Å². The fourth-order valence-corrected chi connectivity index (χ4v) is 2.18. The molecule has 0 atom stereocenters. The predicted molar refractivity (Wildman–Crippen MR) is 77.8 cm³/mol. The molecule has 0 spiro atoms. The summed E-state index contributed by atoms with van der Waals surface area (Å²) >= 11 is 0. The Morgan fingerprint density at radius 3 is 1.64 bits per heavy atom. The summed E-state index contributed by atoms with van der Waals surface area (Å²) in [6.07, 6.45) is 0.588. The second kappa shape index (κ2) is 7.02. The number of halogens is 2. The molecule has 0 fully saturated rings. The lowest BCUT2D eigenvalue weighted by molar-refractivity contribution is -0.119. The Labute approximate surface area is 126 Å². The van der Waals surface area contributed by atoms with E-state index in [1.807, 2.05) is 0 Å². The van der Waals surface area contributed by atoms with Crippen LogP contribution in [-0.2, 0) is 17.6 Å². The zero-order valence-corrected chi connectivity index (χ0v) is 11.9. The van der Waals surface area contributed by atoms with E-state index >= 15 is 0 Å². The number of ketones is 1. The first-order valence-corrected chi connectivity index (χ1v) is 6.92. The van der Waals surface area contributed by atoms with Gasteiger partial charge in [0.15, 0.2) is 0 Å². The van der Waals surface area contributed by atoms with Gasteiger partial charge in [-0.2, -0.15) is 0 Å². The van der Waals surface area contributed by atoms with Gasteiger partial charge in [-0.3, -0.25) is 4.79 Å². The summed E-state index contributed by atoms with van der Waals surface area (Å²) in [5.41, 5.74) is 0.550. The van der Waals surface area contributed by atoms with E-state index in [1.165, 1.54) is 24.3 Å². The molecule has 3 nitrogen and oxygen atoms in total. The van der Waals surface area contributed by atoms with Crippen LogP contribution in [0, 0.1) is 11.6 Å². The summed E-state index contributed by atoms with van der Waals surface area (Å²) in [6.45, 7) is 0. The fourth-order valence-electron chi connectivity index (χ4n) is 2.18. The van der Waals surface area contributed by atoms with E-state index in [0.717, 1.165) is 12.1 Å². The van der Waals surface area contributed by atoms with Gasteiger partial charge in [0.2, 0.25) is 0 Å². The summed E-state index contributed by atoms with van der Waals surface area (Å²) in [6, 6.07) is 7.36. The van der Waals surface area contributed by atoms with Crippen LogP contribution in [0.25, 0.3) is 0 Å². The summed E-state index contributed by atoms with van der Waals surface area (Å²) in [5, 5.41) is 18.6. The summed E-state index contributed by atoms with van der Waals surface area (Å²) in [7, 11) is 0. The van der Waals surface area contributed by atoms with Crippen molar-refractivity contribution in [1.82, 2.24) is 0 Å². The molecule has 2 aromatic rings. The van der Waals surface area contributed by atoms with Gasteiger partial charge in [-0.05, 0) is 60.4 Å². The molecular formula is C17H16F2O3. The number of carbonyl (C=O) groups excluding carboxylic acids is 1. The maximum Gasteiger partial charge on any atom is 0.133 e. The molecule has 2 rings (SSSR count). The van der Waals surface area contributed by atoms with Gasteiger partial charge in [0.1, 0.15) is 28.9 Å². The van der Waals surface area contributed by atoms with Crippen molar-refractivity contribution < 1.29 is 23.8 Å². The third kappa shape index (κ3) is 4.28. The van der Waals surface area contributed by atoms with Gasteiger partial charge >= 0.3 is 0 Å². The maximum absolute atomic E-state index is 13.5. The lowest BCUT2D eigenvalue weighted by atomic mass is 10.0. The number of carbonyl (C=O) groups is 1. The minimum Gasteiger partial charge on any atom is -0.508 e. The molecule has 0 bridgehead atoms. The number of hydrogen-bond acceptors (Lipinski definition) is 3. The first-order valence-electron chi connectivity index (χ1n) is 6.92. The second-order valence-corrected chi connectivity index (χ2v) is 5.09. The molecule has 2 aromatic carbocycles. The van der Waals surface area contributed by atoms with E-state index in [4.69, 9.17) is 0 Å². The van der Waals surface area contributed by atoms with Crippen LogP contribution >= 0.6 is 0 Å². The number of aromatic hydroxyl groups is 2. The molecule has 116 valence electrons. The monoisotopic (exact) mass is 306 g/mol. The Kier molecular flexibility index (Phi) is 5.09. The van der Waals surface area contributed by atoms with Gasteiger partial charge in [0.05, 0.1) is 0 Å². The predicted octanol–water partition coefficient (Wildman–Crippen LogP) is 3.51. The van der Waals surface area contributed by atoms with Crippen molar-refractivity contribution in [3.05, 3.63) is 59.2 Å². The normalized spacial score (nSPS) is 10.6. The lowest BCUT2D eigenvalue weighted by Crippen LogP contribution is -2.04. The van der Waals surface area contributed by atoms with E-state index in [1.54, 1.807) is 0 Å². The Balaban J connectivity index is 1.88. The molecule has 5 heteroatoms. The van der Waals surface area contributed by atoms with Gasteiger partial charge < -0.3 is 10.2 Å². The Morgan fingerprint density at radius 1 is 0.818 bits per heavy atom. The highest BCUT2D eigenvalue weighted by Crippen LogP contribution is 2.19. The minimum atomic E-state index is -0.468. The van der Waals surface area contributed by atoms with Crippen LogP contribution in [0.2, 0.25) is 0 Å². The Hall–Kier alpha value is -2.43. The first-order chi connectivity index (χ1) is 10.5.